The van der Waals surface area contributed by atoms with Crippen molar-refractivity contribution in [3.8, 4) is 5.82 Å². The molecule has 0 atom stereocenters. The zero-order valence-corrected chi connectivity index (χ0v) is 15.0. The molecular weight excluding hydrogens is 346 g/mol. The number of nitrogens with zero attached hydrogens (tertiary/aromatic N) is 4. The number of H-pyrrole nitrogens is 1. The predicted octanol–water partition coefficient (Wildman–Crippen LogP) is 1.18. The molecule has 0 spiro atoms. The first-order chi connectivity index (χ1) is 13.2. The Balaban J connectivity index is 1.53. The molecule has 1 aliphatic carbocycles. The highest BCUT2D eigenvalue weighted by Gasteiger charge is 2.27. The fraction of sp³-hybridized carbons (Fsp3) is 0.389. The van der Waals surface area contributed by atoms with E-state index >= 15 is 0 Å². The van der Waals surface area contributed by atoms with E-state index in [0.717, 1.165) is 31.1 Å². The number of carbonyl (C=O) groups excluding carboxylic acids is 2. The van der Waals surface area contributed by atoms with Crippen LogP contribution in [0.3, 0.4) is 0 Å². The number of aromatic amines is 1. The van der Waals surface area contributed by atoms with Gasteiger partial charge in [-0.2, -0.15) is 5.10 Å². The van der Waals surface area contributed by atoms with Crippen LogP contribution in [-0.4, -0.2) is 49.6 Å². The third-order valence-electron chi connectivity index (χ3n) is 5.08. The van der Waals surface area contributed by atoms with Crippen LogP contribution >= 0.6 is 0 Å². The molecule has 3 heterocycles. The first kappa shape index (κ1) is 17.2. The Morgan fingerprint density at radius 1 is 1.26 bits per heavy atom. The highest BCUT2D eigenvalue weighted by Crippen LogP contribution is 2.25. The van der Waals surface area contributed by atoms with Crippen molar-refractivity contribution in [3.63, 3.8) is 0 Å². The summed E-state index contributed by atoms with van der Waals surface area (Å²) in [6.45, 7) is 0. The van der Waals surface area contributed by atoms with E-state index in [4.69, 9.17) is 0 Å². The van der Waals surface area contributed by atoms with E-state index in [1.54, 1.807) is 36.5 Å². The van der Waals surface area contributed by atoms with Gasteiger partial charge in [0.1, 0.15) is 12.1 Å². The van der Waals surface area contributed by atoms with Gasteiger partial charge in [0, 0.05) is 36.8 Å². The Morgan fingerprint density at radius 3 is 2.78 bits per heavy atom. The zero-order valence-electron chi connectivity index (χ0n) is 15.0. The highest BCUT2D eigenvalue weighted by molar-refractivity contribution is 6.04. The normalized spacial score (nSPS) is 19.7. The smallest absolute Gasteiger partial charge is 0.272 e. The lowest BCUT2D eigenvalue weighted by atomic mass is 9.85. The first-order valence-corrected chi connectivity index (χ1v) is 9.00. The molecule has 3 aromatic rings. The van der Waals surface area contributed by atoms with Crippen molar-refractivity contribution in [1.82, 2.24) is 35.4 Å². The minimum absolute atomic E-state index is 0.0326. The Labute approximate surface area is 155 Å². The van der Waals surface area contributed by atoms with Crippen molar-refractivity contribution in [1.29, 1.82) is 0 Å². The minimum Gasteiger partial charge on any atom is -0.359 e. The molecule has 27 heavy (non-hydrogen) atoms. The van der Waals surface area contributed by atoms with E-state index in [2.05, 4.69) is 30.8 Å². The van der Waals surface area contributed by atoms with Gasteiger partial charge in [-0.05, 0) is 31.7 Å². The van der Waals surface area contributed by atoms with Gasteiger partial charge in [0.05, 0.1) is 11.7 Å². The summed E-state index contributed by atoms with van der Waals surface area (Å²) in [7, 11) is 1.66. The zero-order chi connectivity index (χ0) is 18.8. The molecule has 0 unspecified atom stereocenters. The van der Waals surface area contributed by atoms with Crippen LogP contribution in [0.2, 0.25) is 0 Å². The van der Waals surface area contributed by atoms with Gasteiger partial charge >= 0.3 is 0 Å². The second-order valence-electron chi connectivity index (χ2n) is 6.77. The monoisotopic (exact) mass is 367 g/mol. The van der Waals surface area contributed by atoms with Gasteiger partial charge in [-0.3, -0.25) is 19.3 Å². The van der Waals surface area contributed by atoms with Crippen molar-refractivity contribution in [2.24, 2.45) is 5.92 Å². The highest BCUT2D eigenvalue weighted by atomic mass is 16.2. The van der Waals surface area contributed by atoms with Crippen LogP contribution < -0.4 is 10.6 Å². The number of amides is 2. The number of aromatic nitrogens is 5. The van der Waals surface area contributed by atoms with Gasteiger partial charge in [0.25, 0.3) is 5.91 Å². The molecule has 9 heteroatoms. The molecule has 1 saturated carbocycles. The minimum atomic E-state index is -0.241. The van der Waals surface area contributed by atoms with Crippen LogP contribution in [0.4, 0.5) is 0 Å². The molecule has 0 aliphatic heterocycles. The van der Waals surface area contributed by atoms with Gasteiger partial charge in [0.2, 0.25) is 5.91 Å². The fourth-order valence-corrected chi connectivity index (χ4v) is 3.59. The first-order valence-electron chi connectivity index (χ1n) is 9.00. The van der Waals surface area contributed by atoms with Gasteiger partial charge in [-0.15, -0.1) is 0 Å². The fourth-order valence-electron chi connectivity index (χ4n) is 3.59. The number of fused-ring (bicyclic) bond motifs is 1. The van der Waals surface area contributed by atoms with E-state index < -0.39 is 0 Å². The molecule has 1 fully saturated rings. The molecule has 3 aromatic heterocycles. The second-order valence-corrected chi connectivity index (χ2v) is 6.77. The predicted molar refractivity (Wildman–Crippen MR) is 98.3 cm³/mol. The number of rotatable bonds is 4. The number of carbonyl (C=O) groups is 2. The van der Waals surface area contributed by atoms with Crippen molar-refractivity contribution in [2.45, 2.75) is 31.7 Å². The number of hydrogen-bond acceptors (Lipinski definition) is 5. The van der Waals surface area contributed by atoms with Crippen molar-refractivity contribution >= 4 is 22.7 Å². The van der Waals surface area contributed by atoms with E-state index in [9.17, 15) is 9.59 Å². The van der Waals surface area contributed by atoms with Gasteiger partial charge in [0.15, 0.2) is 5.69 Å². The van der Waals surface area contributed by atoms with E-state index in [-0.39, 0.29) is 23.8 Å². The van der Waals surface area contributed by atoms with Crippen LogP contribution in [0.25, 0.3) is 16.7 Å². The third-order valence-corrected chi connectivity index (χ3v) is 5.08. The lowest BCUT2D eigenvalue weighted by Gasteiger charge is -2.28. The summed E-state index contributed by atoms with van der Waals surface area (Å²) >= 11 is 0. The summed E-state index contributed by atoms with van der Waals surface area (Å²) in [5.41, 5.74) is 0.914. The topological polar surface area (TPSA) is 118 Å². The SMILES string of the molecule is CNC(=O)C1CCC(NC(=O)c2nc(-n3ccnc3)cc3cn[nH]c23)CC1. The Kier molecular flexibility index (Phi) is 4.57. The standard InChI is InChI=1S/C18H21N7O2/c1-19-17(26)11-2-4-13(5-3-11)22-18(27)16-15-12(9-21-24-15)8-14(23-16)25-7-6-20-10-25/h6-11,13H,2-5H2,1H3,(H,19,26)(H,21,24)(H,22,27). The van der Waals surface area contributed by atoms with E-state index in [0.29, 0.717) is 17.0 Å². The lowest BCUT2D eigenvalue weighted by molar-refractivity contribution is -0.125. The number of nitrogens with one attached hydrogen (secondary N) is 3. The average Bonchev–Trinajstić information content (AvgIpc) is 3.38. The van der Waals surface area contributed by atoms with Gasteiger partial charge in [-0.25, -0.2) is 9.97 Å². The van der Waals surface area contributed by atoms with Crippen LogP contribution in [0.5, 0.6) is 0 Å². The van der Waals surface area contributed by atoms with Gasteiger partial charge in [-0.1, -0.05) is 0 Å². The molecular formula is C18H21N7O2. The largest absolute Gasteiger partial charge is 0.359 e. The maximum Gasteiger partial charge on any atom is 0.272 e. The molecule has 2 amide bonds. The summed E-state index contributed by atoms with van der Waals surface area (Å²) in [6, 6.07) is 1.89. The summed E-state index contributed by atoms with van der Waals surface area (Å²) < 4.78 is 1.75. The maximum absolute atomic E-state index is 12.9. The molecule has 0 aromatic carbocycles. The molecule has 140 valence electrons. The molecule has 1 aliphatic rings. The maximum atomic E-state index is 12.9. The van der Waals surface area contributed by atoms with Crippen LogP contribution in [0, 0.1) is 5.92 Å². The van der Waals surface area contributed by atoms with Crippen LogP contribution in [-0.2, 0) is 4.79 Å². The third kappa shape index (κ3) is 3.40. The van der Waals surface area contributed by atoms with Crippen LogP contribution in [0.1, 0.15) is 36.2 Å². The summed E-state index contributed by atoms with van der Waals surface area (Å²) in [4.78, 5) is 33.2. The molecule has 3 N–H and O–H groups in total. The molecule has 0 saturated heterocycles. The van der Waals surface area contributed by atoms with E-state index in [1.807, 2.05) is 6.07 Å². The second kappa shape index (κ2) is 7.18. The molecule has 4 rings (SSSR count). The number of hydrogen-bond donors (Lipinski definition) is 3. The van der Waals surface area contributed by atoms with Crippen molar-refractivity contribution in [3.05, 3.63) is 36.7 Å². The quantitative estimate of drug-likeness (QED) is 0.640. The average molecular weight is 367 g/mol. The Bertz CT molecular complexity index is 955. The van der Waals surface area contributed by atoms with Crippen LogP contribution in [0.15, 0.2) is 31.0 Å². The summed E-state index contributed by atoms with van der Waals surface area (Å²) in [5, 5.41) is 13.5. The van der Waals surface area contributed by atoms with Crippen molar-refractivity contribution < 1.29 is 9.59 Å². The number of imidazole rings is 1. The summed E-state index contributed by atoms with van der Waals surface area (Å²) in [5.74, 6) is 0.475. The molecule has 9 nitrogen and oxygen atoms in total. The Morgan fingerprint density at radius 2 is 2.07 bits per heavy atom. The lowest BCUT2D eigenvalue weighted by Crippen LogP contribution is -2.40. The van der Waals surface area contributed by atoms with Crippen molar-refractivity contribution in [2.75, 3.05) is 7.05 Å². The Hall–Kier alpha value is -3.23. The molecule has 0 bridgehead atoms. The molecule has 0 radical (unpaired) electrons. The van der Waals surface area contributed by atoms with Gasteiger partial charge < -0.3 is 10.6 Å². The summed E-state index contributed by atoms with van der Waals surface area (Å²) in [6.07, 6.45) is 9.83. The number of pyridine rings is 1. The van der Waals surface area contributed by atoms with E-state index in [1.165, 1.54) is 0 Å².